The Balaban J connectivity index is 1.58. The summed E-state index contributed by atoms with van der Waals surface area (Å²) < 4.78 is 30.1. The molecule has 1 unspecified atom stereocenters. The number of hydrogen-bond donors (Lipinski definition) is 1. The predicted molar refractivity (Wildman–Crippen MR) is 121 cm³/mol. The van der Waals surface area contributed by atoms with E-state index in [1.165, 1.54) is 6.07 Å². The van der Waals surface area contributed by atoms with Crippen LogP contribution < -0.4 is 0 Å². The minimum absolute atomic E-state index is 0.0567. The van der Waals surface area contributed by atoms with E-state index in [9.17, 15) is 23.9 Å². The molecule has 0 fully saturated rings. The lowest BCUT2D eigenvalue weighted by molar-refractivity contribution is -0.131. The summed E-state index contributed by atoms with van der Waals surface area (Å²) in [6, 6.07) is 11.4. The van der Waals surface area contributed by atoms with E-state index in [1.54, 1.807) is 23.1 Å². The Morgan fingerprint density at radius 2 is 2.09 bits per heavy atom. The van der Waals surface area contributed by atoms with Crippen LogP contribution in [-0.2, 0) is 30.7 Å². The summed E-state index contributed by atoms with van der Waals surface area (Å²) in [7, 11) is 0. The first kappa shape index (κ1) is 22.2. The lowest BCUT2D eigenvalue weighted by Gasteiger charge is -2.28. The normalized spacial score (nSPS) is 19.0. The number of hydrogen-bond acceptors (Lipinski definition) is 4. The number of carbonyl (C=O) groups is 1. The smallest absolute Gasteiger partial charge is 0.222 e. The quantitative estimate of drug-likeness (QED) is 0.641. The Morgan fingerprint density at radius 3 is 2.85 bits per heavy atom. The molecule has 1 aliphatic carbocycles. The van der Waals surface area contributed by atoms with Crippen LogP contribution in [0.25, 0.3) is 11.3 Å². The zero-order valence-corrected chi connectivity index (χ0v) is 18.8. The fourth-order valence-corrected chi connectivity index (χ4v) is 5.18. The Hall–Kier alpha value is -3.57. The van der Waals surface area contributed by atoms with Crippen molar-refractivity contribution in [1.82, 2.24) is 14.7 Å². The van der Waals surface area contributed by atoms with Gasteiger partial charge in [-0.3, -0.25) is 9.48 Å². The van der Waals surface area contributed by atoms with Crippen molar-refractivity contribution < 1.29 is 18.7 Å². The van der Waals surface area contributed by atoms with Gasteiger partial charge in [0, 0.05) is 61.2 Å². The highest BCUT2D eigenvalue weighted by molar-refractivity contribution is 5.77. The number of rotatable bonds is 4. The van der Waals surface area contributed by atoms with Gasteiger partial charge in [-0.2, -0.15) is 10.4 Å². The van der Waals surface area contributed by atoms with Gasteiger partial charge in [0.1, 0.15) is 11.6 Å². The predicted octanol–water partition coefficient (Wildman–Crippen LogP) is 3.70. The molecule has 34 heavy (non-hydrogen) atoms. The molecule has 1 amide bonds. The van der Waals surface area contributed by atoms with Crippen molar-refractivity contribution >= 4 is 5.91 Å². The van der Waals surface area contributed by atoms with E-state index in [1.807, 2.05) is 17.7 Å². The van der Waals surface area contributed by atoms with Gasteiger partial charge in [0.05, 0.1) is 30.0 Å². The van der Waals surface area contributed by atoms with Crippen LogP contribution in [0.4, 0.5) is 8.78 Å². The first-order valence-electron chi connectivity index (χ1n) is 11.4. The number of carbonyl (C=O) groups excluding carboxylic acids is 1. The summed E-state index contributed by atoms with van der Waals surface area (Å²) in [4.78, 5) is 14.2. The highest BCUT2D eigenvalue weighted by Gasteiger charge is 2.36. The summed E-state index contributed by atoms with van der Waals surface area (Å²) in [6.07, 6.45) is 0.272. The molecular weight excluding hydrogens is 438 g/mol. The standard InChI is InChI=1S/C26H24F2N4O2/c1-2-25(34)31-7-6-23-21(13-31)26(16-5-3-4-15(8-16)12-29)30-32(23)14-20-18-9-17(27)10-22(28)19(18)11-24(20)33/h3-5,8-10,20,24,33H,2,6-7,11,13-14H2,1H3/t20?,24-/m1/s1. The number of nitrogens with zero attached hydrogens (tertiary/aromatic N) is 4. The molecule has 0 saturated carbocycles. The number of benzene rings is 2. The van der Waals surface area contributed by atoms with Crippen LogP contribution in [0.3, 0.4) is 0 Å². The van der Waals surface area contributed by atoms with Gasteiger partial charge < -0.3 is 10.0 Å². The number of aliphatic hydroxyl groups is 1. The number of halogens is 2. The molecule has 2 atom stereocenters. The van der Waals surface area contributed by atoms with Crippen LogP contribution in [0.15, 0.2) is 36.4 Å². The van der Waals surface area contributed by atoms with Crippen LogP contribution >= 0.6 is 0 Å². The molecule has 2 heterocycles. The van der Waals surface area contributed by atoms with E-state index in [0.717, 1.165) is 22.9 Å². The van der Waals surface area contributed by atoms with Crippen molar-refractivity contribution in [1.29, 1.82) is 5.26 Å². The number of nitriles is 1. The average molecular weight is 463 g/mol. The Kier molecular flexibility index (Phi) is 5.66. The van der Waals surface area contributed by atoms with Crippen LogP contribution in [0.5, 0.6) is 0 Å². The van der Waals surface area contributed by atoms with Gasteiger partial charge in [-0.05, 0) is 29.3 Å². The van der Waals surface area contributed by atoms with E-state index >= 15 is 0 Å². The van der Waals surface area contributed by atoms with Crippen LogP contribution in [0.1, 0.15) is 47.2 Å². The van der Waals surface area contributed by atoms with Crippen molar-refractivity contribution in [3.05, 3.63) is 76.0 Å². The second-order valence-corrected chi connectivity index (χ2v) is 8.90. The van der Waals surface area contributed by atoms with E-state index in [0.29, 0.717) is 48.3 Å². The van der Waals surface area contributed by atoms with Crippen molar-refractivity contribution in [2.24, 2.45) is 0 Å². The third-order valence-corrected chi connectivity index (χ3v) is 6.90. The number of amides is 1. The number of aliphatic hydroxyl groups excluding tert-OH is 1. The van der Waals surface area contributed by atoms with Crippen molar-refractivity contribution in [2.45, 2.75) is 51.3 Å². The second-order valence-electron chi connectivity index (χ2n) is 8.90. The van der Waals surface area contributed by atoms with Gasteiger partial charge in [0.2, 0.25) is 5.91 Å². The molecule has 0 spiro atoms. The highest BCUT2D eigenvalue weighted by atomic mass is 19.1. The maximum atomic E-state index is 14.3. The zero-order valence-electron chi connectivity index (χ0n) is 18.8. The molecule has 1 aliphatic heterocycles. The van der Waals surface area contributed by atoms with Crippen LogP contribution in [0.2, 0.25) is 0 Å². The molecular formula is C26H24F2N4O2. The van der Waals surface area contributed by atoms with E-state index < -0.39 is 23.7 Å². The summed E-state index contributed by atoms with van der Waals surface area (Å²) in [5, 5.41) is 24.9. The highest BCUT2D eigenvalue weighted by Crippen LogP contribution is 2.38. The molecule has 0 saturated heterocycles. The fraction of sp³-hybridized carbons (Fsp3) is 0.346. The lowest BCUT2D eigenvalue weighted by Crippen LogP contribution is -2.36. The fourth-order valence-electron chi connectivity index (χ4n) is 5.18. The molecule has 8 heteroatoms. The Bertz CT molecular complexity index is 1330. The largest absolute Gasteiger partial charge is 0.392 e. The monoisotopic (exact) mass is 462 g/mol. The Labute approximate surface area is 196 Å². The van der Waals surface area contributed by atoms with Gasteiger partial charge in [-0.1, -0.05) is 19.1 Å². The van der Waals surface area contributed by atoms with Gasteiger partial charge in [-0.15, -0.1) is 0 Å². The summed E-state index contributed by atoms with van der Waals surface area (Å²) in [5.41, 5.74) is 4.62. The van der Waals surface area contributed by atoms with Crippen molar-refractivity contribution in [2.75, 3.05) is 6.54 Å². The SMILES string of the molecule is CCC(=O)N1CCc2c(c(-c3cccc(C#N)c3)nn2CC2c3cc(F)cc(F)c3C[C@H]2O)C1. The van der Waals surface area contributed by atoms with Crippen molar-refractivity contribution in [3.8, 4) is 17.3 Å². The van der Waals surface area contributed by atoms with E-state index in [4.69, 9.17) is 5.10 Å². The molecule has 174 valence electrons. The van der Waals surface area contributed by atoms with Crippen molar-refractivity contribution in [3.63, 3.8) is 0 Å². The zero-order chi connectivity index (χ0) is 24.0. The lowest BCUT2D eigenvalue weighted by atomic mass is 9.98. The topological polar surface area (TPSA) is 82.2 Å². The van der Waals surface area contributed by atoms with Crippen LogP contribution in [0, 0.1) is 23.0 Å². The maximum absolute atomic E-state index is 14.3. The second kappa shape index (κ2) is 8.65. The third-order valence-electron chi connectivity index (χ3n) is 6.90. The number of aromatic nitrogens is 2. The molecule has 0 bridgehead atoms. The minimum Gasteiger partial charge on any atom is -0.392 e. The molecule has 2 aliphatic rings. The van der Waals surface area contributed by atoms with Gasteiger partial charge in [0.15, 0.2) is 0 Å². The maximum Gasteiger partial charge on any atom is 0.222 e. The first-order chi connectivity index (χ1) is 16.4. The average Bonchev–Trinajstić information content (AvgIpc) is 3.36. The van der Waals surface area contributed by atoms with Gasteiger partial charge >= 0.3 is 0 Å². The first-order valence-corrected chi connectivity index (χ1v) is 11.4. The molecule has 6 nitrogen and oxygen atoms in total. The molecule has 3 aromatic rings. The van der Waals surface area contributed by atoms with Gasteiger partial charge in [0.25, 0.3) is 0 Å². The van der Waals surface area contributed by atoms with Gasteiger partial charge in [-0.25, -0.2) is 8.78 Å². The Morgan fingerprint density at radius 1 is 1.26 bits per heavy atom. The van der Waals surface area contributed by atoms with E-state index in [-0.39, 0.29) is 18.9 Å². The van der Waals surface area contributed by atoms with Crippen LogP contribution in [-0.4, -0.2) is 38.3 Å². The summed E-state index contributed by atoms with van der Waals surface area (Å²) in [5.74, 6) is -1.75. The number of fused-ring (bicyclic) bond motifs is 2. The summed E-state index contributed by atoms with van der Waals surface area (Å²) >= 11 is 0. The van der Waals surface area contributed by atoms with E-state index in [2.05, 4.69) is 6.07 Å². The minimum atomic E-state index is -0.849. The molecule has 2 aromatic carbocycles. The third kappa shape index (κ3) is 3.76. The molecule has 0 radical (unpaired) electrons. The molecule has 5 rings (SSSR count). The summed E-state index contributed by atoms with van der Waals surface area (Å²) in [6.45, 7) is 3.05. The molecule has 1 aromatic heterocycles. The molecule has 1 N–H and O–H groups in total.